The number of amides is 1. The Labute approximate surface area is 141 Å². The molecule has 2 aromatic rings. The molecule has 1 aromatic heterocycles. The number of carbonyl (C=O) groups excluding carboxylic acids is 1. The van der Waals surface area contributed by atoms with Gasteiger partial charge in [0.25, 0.3) is 0 Å². The van der Waals surface area contributed by atoms with E-state index >= 15 is 0 Å². The smallest absolute Gasteiger partial charge is 0.241 e. The second-order valence-corrected chi connectivity index (χ2v) is 6.07. The lowest BCUT2D eigenvalue weighted by molar-refractivity contribution is -0.119. The van der Waals surface area contributed by atoms with Crippen LogP contribution in [0.1, 0.15) is 12.8 Å². The molecule has 1 fully saturated rings. The minimum absolute atomic E-state index is 0.152. The maximum atomic E-state index is 12.4. The molecule has 0 saturated carbocycles. The maximum absolute atomic E-state index is 12.4. The number of anilines is 3. The Kier molecular flexibility index (Phi) is 5.12. The summed E-state index contributed by atoms with van der Waals surface area (Å²) in [4.78, 5) is 12.4. The Balaban J connectivity index is 1.62. The van der Waals surface area contributed by atoms with Crippen LogP contribution in [0.4, 0.5) is 17.1 Å². The molecule has 2 heterocycles. The van der Waals surface area contributed by atoms with Crippen molar-refractivity contribution in [3.8, 4) is 0 Å². The van der Waals surface area contributed by atoms with Crippen molar-refractivity contribution >= 4 is 23.0 Å². The lowest BCUT2D eigenvalue weighted by Gasteiger charge is -2.26. The Hall–Kier alpha value is -2.38. The zero-order valence-corrected chi connectivity index (χ0v) is 13.7. The van der Waals surface area contributed by atoms with E-state index in [4.69, 9.17) is 10.5 Å². The molecule has 24 heavy (non-hydrogen) atoms. The summed E-state index contributed by atoms with van der Waals surface area (Å²) in [5.41, 5.74) is 8.59. The molecule has 4 N–H and O–H groups in total. The number of benzene rings is 1. The predicted octanol–water partition coefficient (Wildman–Crippen LogP) is 1.86. The number of nitrogens with one attached hydrogen (secondary N) is 2. The molecule has 1 amide bonds. The second-order valence-electron chi connectivity index (χ2n) is 6.07. The van der Waals surface area contributed by atoms with Gasteiger partial charge >= 0.3 is 0 Å². The molecular formula is C17H23N5O2. The van der Waals surface area contributed by atoms with Crippen molar-refractivity contribution < 1.29 is 9.53 Å². The van der Waals surface area contributed by atoms with Crippen LogP contribution in [0.5, 0.6) is 0 Å². The van der Waals surface area contributed by atoms with E-state index in [1.54, 1.807) is 10.9 Å². The monoisotopic (exact) mass is 329 g/mol. The van der Waals surface area contributed by atoms with Crippen molar-refractivity contribution in [3.05, 3.63) is 36.7 Å². The molecule has 3 rings (SSSR count). The predicted molar refractivity (Wildman–Crippen MR) is 93.1 cm³/mol. The maximum Gasteiger partial charge on any atom is 0.241 e. The van der Waals surface area contributed by atoms with Gasteiger partial charge in [-0.15, -0.1) is 0 Å². The fraction of sp³-hybridized carbons (Fsp3) is 0.412. The average molecular weight is 329 g/mol. The van der Waals surface area contributed by atoms with E-state index in [1.165, 1.54) is 0 Å². The fourth-order valence-electron chi connectivity index (χ4n) is 2.84. The topological polar surface area (TPSA) is 94.2 Å². The standard InChI is InChI=1S/C17H23N5O2/c1-22-11-15(10-19-22)20-13-3-2-4-14(9-13)21-17(23)16(18)12-5-7-24-8-6-12/h2-4,9-12,16,20H,5-8,18H2,1H3,(H,21,23). The van der Waals surface area contributed by atoms with Crippen molar-refractivity contribution in [2.75, 3.05) is 23.8 Å². The summed E-state index contributed by atoms with van der Waals surface area (Å²) in [7, 11) is 1.86. The van der Waals surface area contributed by atoms with Crippen LogP contribution in [-0.2, 0) is 16.6 Å². The molecule has 1 aliphatic heterocycles. The molecule has 1 aliphatic rings. The van der Waals surface area contributed by atoms with Gasteiger partial charge in [-0.2, -0.15) is 5.10 Å². The minimum Gasteiger partial charge on any atom is -0.381 e. The molecule has 1 aromatic carbocycles. The van der Waals surface area contributed by atoms with Crippen LogP contribution < -0.4 is 16.4 Å². The molecule has 7 nitrogen and oxygen atoms in total. The summed E-state index contributed by atoms with van der Waals surface area (Å²) in [5.74, 6) is 0.0240. The molecule has 0 aliphatic carbocycles. The quantitative estimate of drug-likeness (QED) is 0.778. The van der Waals surface area contributed by atoms with E-state index in [1.807, 2.05) is 37.5 Å². The molecule has 7 heteroatoms. The number of hydrogen-bond acceptors (Lipinski definition) is 5. The Bertz CT molecular complexity index is 694. The largest absolute Gasteiger partial charge is 0.381 e. The first-order valence-electron chi connectivity index (χ1n) is 8.12. The highest BCUT2D eigenvalue weighted by Crippen LogP contribution is 2.22. The number of aromatic nitrogens is 2. The summed E-state index contributed by atoms with van der Waals surface area (Å²) >= 11 is 0. The summed E-state index contributed by atoms with van der Waals surface area (Å²) in [6, 6.07) is 7.03. The molecule has 128 valence electrons. The molecule has 0 spiro atoms. The summed E-state index contributed by atoms with van der Waals surface area (Å²) in [6.45, 7) is 1.35. The van der Waals surface area contributed by atoms with Gasteiger partial charge in [-0.3, -0.25) is 9.48 Å². The fourth-order valence-corrected chi connectivity index (χ4v) is 2.84. The van der Waals surface area contributed by atoms with E-state index in [0.717, 1.165) is 29.9 Å². The summed E-state index contributed by atoms with van der Waals surface area (Å²) in [6.07, 6.45) is 5.28. The molecule has 1 unspecified atom stereocenters. The SMILES string of the molecule is Cn1cc(Nc2cccc(NC(=O)C(N)C3CCOCC3)c2)cn1. The third-order valence-electron chi connectivity index (χ3n) is 4.20. The third-order valence-corrected chi connectivity index (χ3v) is 4.20. The Morgan fingerprint density at radius 1 is 1.33 bits per heavy atom. The van der Waals surface area contributed by atoms with Crippen LogP contribution in [-0.4, -0.2) is 34.9 Å². The van der Waals surface area contributed by atoms with Gasteiger partial charge in [-0.25, -0.2) is 0 Å². The highest BCUT2D eigenvalue weighted by molar-refractivity contribution is 5.95. The molecule has 0 bridgehead atoms. The molecule has 1 atom stereocenters. The van der Waals surface area contributed by atoms with Crippen molar-refractivity contribution in [3.63, 3.8) is 0 Å². The van der Waals surface area contributed by atoms with E-state index in [-0.39, 0.29) is 11.8 Å². The van der Waals surface area contributed by atoms with Crippen LogP contribution in [0.15, 0.2) is 36.7 Å². The van der Waals surface area contributed by atoms with Crippen LogP contribution >= 0.6 is 0 Å². The number of hydrogen-bond donors (Lipinski definition) is 3. The first kappa shape index (κ1) is 16.5. The number of nitrogens with two attached hydrogens (primary N) is 1. The molecule has 0 radical (unpaired) electrons. The van der Waals surface area contributed by atoms with Crippen LogP contribution in [0.2, 0.25) is 0 Å². The highest BCUT2D eigenvalue weighted by atomic mass is 16.5. The van der Waals surface area contributed by atoms with Crippen LogP contribution in [0.3, 0.4) is 0 Å². The summed E-state index contributed by atoms with van der Waals surface area (Å²) < 4.78 is 7.04. The van der Waals surface area contributed by atoms with Gasteiger partial charge < -0.3 is 21.1 Å². The van der Waals surface area contributed by atoms with Crippen molar-refractivity contribution in [1.29, 1.82) is 0 Å². The second kappa shape index (κ2) is 7.46. The van der Waals surface area contributed by atoms with Crippen molar-refractivity contribution in [2.24, 2.45) is 18.7 Å². The first-order chi connectivity index (χ1) is 11.6. The van der Waals surface area contributed by atoms with Crippen molar-refractivity contribution in [2.45, 2.75) is 18.9 Å². The zero-order chi connectivity index (χ0) is 16.9. The van der Waals surface area contributed by atoms with E-state index < -0.39 is 6.04 Å². The molecular weight excluding hydrogens is 306 g/mol. The number of carbonyl (C=O) groups is 1. The van der Waals surface area contributed by atoms with Gasteiger partial charge in [0.2, 0.25) is 5.91 Å². The van der Waals surface area contributed by atoms with Crippen LogP contribution in [0, 0.1) is 5.92 Å². The summed E-state index contributed by atoms with van der Waals surface area (Å²) in [5, 5.41) is 10.3. The number of nitrogens with zero attached hydrogens (tertiary/aromatic N) is 2. The number of ether oxygens (including phenoxy) is 1. The van der Waals surface area contributed by atoms with Gasteiger partial charge in [0.15, 0.2) is 0 Å². The average Bonchev–Trinajstić information content (AvgIpc) is 3.00. The lowest BCUT2D eigenvalue weighted by atomic mass is 9.92. The highest BCUT2D eigenvalue weighted by Gasteiger charge is 2.26. The minimum atomic E-state index is -0.510. The van der Waals surface area contributed by atoms with Gasteiger partial charge in [0.1, 0.15) is 0 Å². The van der Waals surface area contributed by atoms with E-state index in [9.17, 15) is 4.79 Å². The van der Waals surface area contributed by atoms with Gasteiger partial charge in [0, 0.05) is 37.8 Å². The van der Waals surface area contributed by atoms with Gasteiger partial charge in [-0.05, 0) is 37.0 Å². The van der Waals surface area contributed by atoms with Gasteiger partial charge in [0.05, 0.1) is 17.9 Å². The first-order valence-corrected chi connectivity index (χ1v) is 8.12. The third kappa shape index (κ3) is 4.12. The normalized spacial score (nSPS) is 16.6. The number of rotatable bonds is 5. The Morgan fingerprint density at radius 2 is 2.08 bits per heavy atom. The van der Waals surface area contributed by atoms with Crippen LogP contribution in [0.25, 0.3) is 0 Å². The van der Waals surface area contributed by atoms with E-state index in [0.29, 0.717) is 13.2 Å². The van der Waals surface area contributed by atoms with Gasteiger partial charge in [-0.1, -0.05) is 6.07 Å². The van der Waals surface area contributed by atoms with E-state index in [2.05, 4.69) is 15.7 Å². The van der Waals surface area contributed by atoms with Crippen molar-refractivity contribution in [1.82, 2.24) is 9.78 Å². The number of aryl methyl sites for hydroxylation is 1. The zero-order valence-electron chi connectivity index (χ0n) is 13.7. The molecule has 1 saturated heterocycles. The lowest BCUT2D eigenvalue weighted by Crippen LogP contribution is -2.44. The Morgan fingerprint density at radius 3 is 2.79 bits per heavy atom.